The first-order valence-electron chi connectivity index (χ1n) is 11.2. The molecule has 0 radical (unpaired) electrons. The highest BCUT2D eigenvalue weighted by atomic mass is 16.4. The summed E-state index contributed by atoms with van der Waals surface area (Å²) >= 11 is 0. The summed E-state index contributed by atoms with van der Waals surface area (Å²) in [6.07, 6.45) is 3.18. The number of nitrogens with zero attached hydrogens (tertiary/aromatic N) is 4. The number of carbonyl (C=O) groups is 3. The summed E-state index contributed by atoms with van der Waals surface area (Å²) in [5.41, 5.74) is 3.49. The number of hydrogen-bond acceptors (Lipinski definition) is 7. The first-order valence-corrected chi connectivity index (χ1v) is 11.2. The SMILES string of the molecule is O=C(O)c1ccccc1/N=C\c1ccccc1.O=C1C=C(N2CC2)C(=O)C(N2CC2)=C1N1CC1. The minimum absolute atomic E-state index is 0.00546. The van der Waals surface area contributed by atoms with Gasteiger partial charge in [0.15, 0.2) is 0 Å². The van der Waals surface area contributed by atoms with E-state index in [1.807, 2.05) is 45.0 Å². The van der Waals surface area contributed by atoms with Crippen LogP contribution in [0.1, 0.15) is 15.9 Å². The lowest BCUT2D eigenvalue weighted by molar-refractivity contribution is -0.117. The highest BCUT2D eigenvalue weighted by Gasteiger charge is 2.43. The van der Waals surface area contributed by atoms with Crippen molar-refractivity contribution >= 4 is 29.4 Å². The van der Waals surface area contributed by atoms with Crippen LogP contribution in [0.4, 0.5) is 5.69 Å². The smallest absolute Gasteiger partial charge is 0.337 e. The van der Waals surface area contributed by atoms with Gasteiger partial charge in [0.05, 0.1) is 16.9 Å². The number of allylic oxidation sites excluding steroid dienone is 1. The van der Waals surface area contributed by atoms with Crippen LogP contribution in [0.25, 0.3) is 0 Å². The second kappa shape index (κ2) is 8.97. The predicted octanol–water partition coefficient (Wildman–Crippen LogP) is 2.32. The van der Waals surface area contributed by atoms with Crippen LogP contribution < -0.4 is 0 Å². The molecule has 4 aliphatic rings. The maximum absolute atomic E-state index is 12.4. The van der Waals surface area contributed by atoms with E-state index < -0.39 is 5.97 Å². The third-order valence-electron chi connectivity index (χ3n) is 5.77. The number of ketones is 2. The summed E-state index contributed by atoms with van der Waals surface area (Å²) in [6.45, 7) is 5.41. The Morgan fingerprint density at radius 1 is 0.794 bits per heavy atom. The highest BCUT2D eigenvalue weighted by molar-refractivity contribution is 6.22. The van der Waals surface area contributed by atoms with Crippen molar-refractivity contribution in [3.05, 3.63) is 88.9 Å². The minimum Gasteiger partial charge on any atom is -0.478 e. The third-order valence-corrected chi connectivity index (χ3v) is 5.77. The second-order valence-corrected chi connectivity index (χ2v) is 8.37. The zero-order valence-electron chi connectivity index (χ0n) is 18.6. The maximum atomic E-state index is 12.4. The van der Waals surface area contributed by atoms with E-state index in [4.69, 9.17) is 5.11 Å². The maximum Gasteiger partial charge on any atom is 0.337 e. The Morgan fingerprint density at radius 2 is 1.38 bits per heavy atom. The van der Waals surface area contributed by atoms with Crippen molar-refractivity contribution < 1.29 is 19.5 Å². The molecule has 0 unspecified atom stereocenters. The molecule has 3 aliphatic heterocycles. The highest BCUT2D eigenvalue weighted by Crippen LogP contribution is 2.33. The van der Waals surface area contributed by atoms with Crippen molar-refractivity contribution in [2.45, 2.75) is 0 Å². The van der Waals surface area contributed by atoms with E-state index in [1.165, 1.54) is 6.08 Å². The Hall–Kier alpha value is -4.20. The lowest BCUT2D eigenvalue weighted by atomic mass is 10.0. The quantitative estimate of drug-likeness (QED) is 0.405. The van der Waals surface area contributed by atoms with Crippen LogP contribution in [0.15, 0.2) is 82.8 Å². The normalized spacial score (nSPS) is 18.6. The molecule has 0 bridgehead atoms. The molecule has 0 spiro atoms. The van der Waals surface area contributed by atoms with Gasteiger partial charge in [0.1, 0.15) is 11.4 Å². The van der Waals surface area contributed by atoms with Crippen LogP contribution in [0, 0.1) is 0 Å². The van der Waals surface area contributed by atoms with Gasteiger partial charge in [-0.05, 0) is 17.7 Å². The van der Waals surface area contributed by atoms with Crippen LogP contribution in [0.3, 0.4) is 0 Å². The molecule has 1 N–H and O–H groups in total. The van der Waals surface area contributed by atoms with E-state index >= 15 is 0 Å². The van der Waals surface area contributed by atoms with Gasteiger partial charge < -0.3 is 19.8 Å². The zero-order valence-corrected chi connectivity index (χ0v) is 18.6. The second-order valence-electron chi connectivity index (χ2n) is 8.37. The molecule has 6 rings (SSSR count). The van der Waals surface area contributed by atoms with E-state index in [0.717, 1.165) is 44.8 Å². The summed E-state index contributed by atoms with van der Waals surface area (Å²) in [6, 6.07) is 16.2. The van der Waals surface area contributed by atoms with Gasteiger partial charge in [-0.2, -0.15) is 0 Å². The molecule has 2 aromatic carbocycles. The average molecular weight is 457 g/mol. The zero-order chi connectivity index (χ0) is 23.7. The molecule has 3 saturated heterocycles. The van der Waals surface area contributed by atoms with Gasteiger partial charge in [-0.3, -0.25) is 14.6 Å². The van der Waals surface area contributed by atoms with Crippen LogP contribution in [-0.2, 0) is 9.59 Å². The molecule has 1 aliphatic carbocycles. The number of benzene rings is 2. The summed E-state index contributed by atoms with van der Waals surface area (Å²) in [5.74, 6) is -0.918. The van der Waals surface area contributed by atoms with Gasteiger partial charge in [0.2, 0.25) is 11.6 Å². The van der Waals surface area contributed by atoms with Gasteiger partial charge in [-0.15, -0.1) is 0 Å². The lowest BCUT2D eigenvalue weighted by Gasteiger charge is -2.21. The summed E-state index contributed by atoms with van der Waals surface area (Å²) in [5, 5.41) is 8.99. The first-order chi connectivity index (χ1) is 16.5. The fourth-order valence-electron chi connectivity index (χ4n) is 3.73. The number of carboxylic acid groups (broad SMARTS) is 1. The molecule has 34 heavy (non-hydrogen) atoms. The number of aromatic carboxylic acids is 1. The van der Waals surface area contributed by atoms with Crippen molar-refractivity contribution in [1.29, 1.82) is 0 Å². The van der Waals surface area contributed by atoms with E-state index in [9.17, 15) is 14.4 Å². The van der Waals surface area contributed by atoms with Crippen molar-refractivity contribution in [2.75, 3.05) is 39.3 Å². The molecule has 3 fully saturated rings. The van der Waals surface area contributed by atoms with Crippen LogP contribution in [0.2, 0.25) is 0 Å². The van der Waals surface area contributed by atoms with Crippen molar-refractivity contribution in [3.8, 4) is 0 Å². The number of aliphatic imine (C=N–C) groups is 1. The fraction of sp³-hybridized carbons (Fsp3) is 0.231. The Labute approximate surface area is 197 Å². The monoisotopic (exact) mass is 456 g/mol. The van der Waals surface area contributed by atoms with Gasteiger partial charge >= 0.3 is 5.97 Å². The molecule has 8 nitrogen and oxygen atoms in total. The Bertz CT molecular complexity index is 1240. The number of hydrogen-bond donors (Lipinski definition) is 1. The molecular weight excluding hydrogens is 432 g/mol. The standard InChI is InChI=1S/C14H11NO2.C12H13N3O2/c16-14(17)12-8-4-5-9-13(12)15-10-11-6-2-1-3-7-11;16-9-7-8(13-1-2-13)12(17)11(15-5-6-15)10(9)14-3-4-14/h1-10H,(H,16,17);7H,1-6H2/b15-10-;. The molecule has 8 heteroatoms. The Balaban J connectivity index is 0.000000142. The third kappa shape index (κ3) is 4.76. The Kier molecular flexibility index (Phi) is 5.71. The Morgan fingerprint density at radius 3 is 2.00 bits per heavy atom. The average Bonchev–Trinajstić information content (AvgIpc) is 3.70. The number of Topliss-reactive ketones (excluding diaryl/α,β-unsaturated/α-hetero) is 1. The molecule has 0 amide bonds. The summed E-state index contributed by atoms with van der Waals surface area (Å²) < 4.78 is 0. The number of carbonyl (C=O) groups excluding carboxylic acids is 2. The van der Waals surface area contributed by atoms with E-state index in [1.54, 1.807) is 30.5 Å². The van der Waals surface area contributed by atoms with E-state index in [0.29, 0.717) is 22.8 Å². The molecule has 0 saturated carbocycles. The van der Waals surface area contributed by atoms with Gasteiger partial charge in [0.25, 0.3) is 0 Å². The molecule has 3 heterocycles. The van der Waals surface area contributed by atoms with E-state index in [-0.39, 0.29) is 17.1 Å². The number of para-hydroxylation sites is 1. The van der Waals surface area contributed by atoms with Crippen LogP contribution >= 0.6 is 0 Å². The van der Waals surface area contributed by atoms with Crippen molar-refractivity contribution in [1.82, 2.24) is 14.7 Å². The molecule has 0 atom stereocenters. The molecular formula is C26H24N4O4. The van der Waals surface area contributed by atoms with Gasteiger partial charge in [-0.1, -0.05) is 42.5 Å². The largest absolute Gasteiger partial charge is 0.478 e. The molecule has 2 aromatic rings. The topological polar surface area (TPSA) is 92.8 Å². The van der Waals surface area contributed by atoms with Crippen LogP contribution in [-0.4, -0.2) is 82.8 Å². The molecule has 0 aromatic heterocycles. The fourth-order valence-corrected chi connectivity index (χ4v) is 3.73. The number of carboxylic acids is 1. The van der Waals surface area contributed by atoms with E-state index in [2.05, 4.69) is 4.99 Å². The van der Waals surface area contributed by atoms with Crippen molar-refractivity contribution in [2.24, 2.45) is 4.99 Å². The summed E-state index contributed by atoms with van der Waals surface area (Å²) in [7, 11) is 0. The summed E-state index contributed by atoms with van der Waals surface area (Å²) in [4.78, 5) is 45.6. The van der Waals surface area contributed by atoms with Crippen LogP contribution in [0.5, 0.6) is 0 Å². The number of rotatable bonds is 6. The van der Waals surface area contributed by atoms with Crippen molar-refractivity contribution in [3.63, 3.8) is 0 Å². The minimum atomic E-state index is -0.967. The lowest BCUT2D eigenvalue weighted by Crippen LogP contribution is -2.29. The first kappa shape index (κ1) is 21.6. The molecule has 172 valence electrons. The van der Waals surface area contributed by atoms with Gasteiger partial charge in [-0.25, -0.2) is 4.79 Å². The van der Waals surface area contributed by atoms with Gasteiger partial charge in [0, 0.05) is 51.6 Å². The predicted molar refractivity (Wildman–Crippen MR) is 127 cm³/mol.